The van der Waals surface area contributed by atoms with Gasteiger partial charge in [0.05, 0.1) is 21.3 Å². The van der Waals surface area contributed by atoms with Crippen molar-refractivity contribution in [3.63, 3.8) is 0 Å². The van der Waals surface area contributed by atoms with E-state index in [-0.39, 0.29) is 24.4 Å². The van der Waals surface area contributed by atoms with Crippen LogP contribution in [0.3, 0.4) is 0 Å². The molecule has 6 heteroatoms. The van der Waals surface area contributed by atoms with E-state index in [0.29, 0.717) is 10.9 Å². The summed E-state index contributed by atoms with van der Waals surface area (Å²) >= 11 is 4.78. The van der Waals surface area contributed by atoms with E-state index < -0.39 is 0 Å². The molecule has 2 aliphatic rings. The minimum atomic E-state index is -0.100. The number of carbonyl (C=O) groups excluding carboxylic acids is 2. The first-order chi connectivity index (χ1) is 12.5. The van der Waals surface area contributed by atoms with E-state index in [1.165, 1.54) is 27.4 Å². The second kappa shape index (κ2) is 7.16. The van der Waals surface area contributed by atoms with Crippen molar-refractivity contribution in [2.75, 3.05) is 13.6 Å². The molecule has 4 rings (SSSR count). The topological polar surface area (TPSA) is 40.6 Å². The maximum Gasteiger partial charge on any atom is 0.264 e. The Kier molecular flexibility index (Phi) is 4.88. The van der Waals surface area contributed by atoms with Gasteiger partial charge in [0.15, 0.2) is 0 Å². The van der Waals surface area contributed by atoms with E-state index in [9.17, 15) is 9.59 Å². The molecule has 2 aromatic rings. The second-order valence-corrected chi connectivity index (χ2v) is 9.51. The summed E-state index contributed by atoms with van der Waals surface area (Å²) in [6.07, 6.45) is 4.15. The van der Waals surface area contributed by atoms with Gasteiger partial charge in [0.2, 0.25) is 5.91 Å². The Morgan fingerprint density at radius 3 is 2.62 bits per heavy atom. The Balaban J connectivity index is 1.49. The third-order valence-corrected chi connectivity index (χ3v) is 6.78. The molecule has 2 amide bonds. The monoisotopic (exact) mass is 432 g/mol. The van der Waals surface area contributed by atoms with E-state index >= 15 is 0 Å². The van der Waals surface area contributed by atoms with Crippen molar-refractivity contribution < 1.29 is 9.59 Å². The molecule has 1 fully saturated rings. The van der Waals surface area contributed by atoms with Gasteiger partial charge in [-0.1, -0.05) is 24.3 Å². The molecule has 2 aliphatic carbocycles. The Bertz CT molecular complexity index is 846. The molecule has 1 saturated carbocycles. The number of rotatable bonds is 5. The largest absolute Gasteiger partial charge is 0.332 e. The zero-order valence-corrected chi connectivity index (χ0v) is 17.1. The van der Waals surface area contributed by atoms with Crippen LogP contribution in [0.1, 0.15) is 46.1 Å². The van der Waals surface area contributed by atoms with E-state index in [2.05, 4.69) is 45.1 Å². The number of nitrogens with zero attached hydrogens (tertiary/aromatic N) is 2. The molecule has 0 saturated heterocycles. The predicted molar refractivity (Wildman–Crippen MR) is 106 cm³/mol. The third kappa shape index (κ3) is 3.45. The number of carbonyl (C=O) groups is 2. The summed E-state index contributed by atoms with van der Waals surface area (Å²) in [7, 11) is 1.71. The van der Waals surface area contributed by atoms with Crippen molar-refractivity contribution in [3.05, 3.63) is 56.2 Å². The van der Waals surface area contributed by atoms with Crippen molar-refractivity contribution in [1.82, 2.24) is 9.80 Å². The molecule has 1 aromatic carbocycles. The highest BCUT2D eigenvalue weighted by atomic mass is 79.9. The van der Waals surface area contributed by atoms with Crippen LogP contribution < -0.4 is 0 Å². The van der Waals surface area contributed by atoms with Crippen LogP contribution in [0.25, 0.3) is 0 Å². The molecule has 26 heavy (non-hydrogen) atoms. The molecule has 1 atom stereocenters. The SMILES string of the molecule is CN(CC(=O)N(C1CC1)C1CCc2ccccc21)C(=O)c1ccc(Br)s1. The molecule has 0 aliphatic heterocycles. The van der Waals surface area contributed by atoms with E-state index in [4.69, 9.17) is 0 Å². The highest BCUT2D eigenvalue weighted by Crippen LogP contribution is 2.41. The molecule has 4 nitrogen and oxygen atoms in total. The van der Waals surface area contributed by atoms with Crippen LogP contribution in [0.4, 0.5) is 0 Å². The van der Waals surface area contributed by atoms with Gasteiger partial charge < -0.3 is 9.80 Å². The van der Waals surface area contributed by atoms with Crippen LogP contribution in [-0.4, -0.2) is 41.2 Å². The Morgan fingerprint density at radius 1 is 1.15 bits per heavy atom. The molecule has 1 unspecified atom stereocenters. The van der Waals surface area contributed by atoms with Crippen LogP contribution >= 0.6 is 27.3 Å². The van der Waals surface area contributed by atoms with E-state index in [0.717, 1.165) is 29.5 Å². The maximum absolute atomic E-state index is 13.1. The highest BCUT2D eigenvalue weighted by molar-refractivity contribution is 9.11. The number of hydrogen-bond acceptors (Lipinski definition) is 3. The van der Waals surface area contributed by atoms with E-state index in [1.807, 2.05) is 6.07 Å². The fourth-order valence-corrected chi connectivity index (χ4v) is 5.16. The average Bonchev–Trinajstić information content (AvgIpc) is 3.22. The molecule has 136 valence electrons. The summed E-state index contributed by atoms with van der Waals surface area (Å²) in [5.74, 6) is -0.0442. The quantitative estimate of drug-likeness (QED) is 0.707. The number of halogens is 1. The summed E-state index contributed by atoms with van der Waals surface area (Å²) in [4.78, 5) is 29.9. The van der Waals surface area contributed by atoms with Crippen molar-refractivity contribution >= 4 is 39.1 Å². The lowest BCUT2D eigenvalue weighted by Crippen LogP contribution is -2.43. The highest BCUT2D eigenvalue weighted by Gasteiger charge is 2.40. The third-order valence-electron chi connectivity index (χ3n) is 5.17. The molecule has 0 spiro atoms. The van der Waals surface area contributed by atoms with Gasteiger partial charge in [-0.05, 0) is 64.9 Å². The first kappa shape index (κ1) is 17.7. The van der Waals surface area contributed by atoms with Crippen LogP contribution in [0.5, 0.6) is 0 Å². The van der Waals surface area contributed by atoms with Gasteiger partial charge in [-0.15, -0.1) is 11.3 Å². The van der Waals surface area contributed by atoms with Crippen LogP contribution in [0.2, 0.25) is 0 Å². The number of hydrogen-bond donors (Lipinski definition) is 0. The number of benzene rings is 1. The minimum Gasteiger partial charge on any atom is -0.332 e. The number of likely N-dealkylation sites (N-methyl/N-ethyl adjacent to an activating group) is 1. The zero-order chi connectivity index (χ0) is 18.3. The normalized spacial score (nSPS) is 18.5. The van der Waals surface area contributed by atoms with Gasteiger partial charge in [-0.25, -0.2) is 0 Å². The fraction of sp³-hybridized carbons (Fsp3) is 0.400. The van der Waals surface area contributed by atoms with Gasteiger partial charge in [0.25, 0.3) is 5.91 Å². The smallest absolute Gasteiger partial charge is 0.264 e. The molecule has 0 bridgehead atoms. The van der Waals surface area contributed by atoms with E-state index in [1.54, 1.807) is 13.1 Å². The van der Waals surface area contributed by atoms with Gasteiger partial charge in [-0.2, -0.15) is 0 Å². The molecule has 1 heterocycles. The maximum atomic E-state index is 13.1. The van der Waals surface area contributed by atoms with Gasteiger partial charge in [-0.3, -0.25) is 9.59 Å². The Morgan fingerprint density at radius 2 is 1.92 bits per heavy atom. The molecule has 0 N–H and O–H groups in total. The number of amides is 2. The standard InChI is InChI=1S/C20H21BrN2O2S/c1-22(20(25)17-10-11-18(21)26-17)12-19(24)23(14-7-8-14)16-9-6-13-4-2-3-5-15(13)16/h2-5,10-11,14,16H,6-9,12H2,1H3. The second-order valence-electron chi connectivity index (χ2n) is 7.05. The van der Waals surface area contributed by atoms with Crippen LogP contribution in [0.15, 0.2) is 40.2 Å². The Labute approximate surface area is 165 Å². The number of aryl methyl sites for hydroxylation is 1. The molecular weight excluding hydrogens is 412 g/mol. The Hall–Kier alpha value is -1.66. The molecule has 0 radical (unpaired) electrons. The fourth-order valence-electron chi connectivity index (χ4n) is 3.78. The molecular formula is C20H21BrN2O2S. The lowest BCUT2D eigenvalue weighted by Gasteiger charge is -2.31. The van der Waals surface area contributed by atoms with Gasteiger partial charge in [0.1, 0.15) is 0 Å². The summed E-state index contributed by atoms with van der Waals surface area (Å²) in [6, 6.07) is 12.6. The zero-order valence-electron chi connectivity index (χ0n) is 14.7. The average molecular weight is 433 g/mol. The number of thiophene rings is 1. The van der Waals surface area contributed by atoms with Gasteiger partial charge >= 0.3 is 0 Å². The summed E-state index contributed by atoms with van der Waals surface area (Å²) < 4.78 is 0.919. The lowest BCUT2D eigenvalue weighted by molar-refractivity contribution is -0.134. The van der Waals surface area contributed by atoms with Crippen molar-refractivity contribution in [2.45, 2.75) is 37.8 Å². The van der Waals surface area contributed by atoms with Crippen LogP contribution in [0, 0.1) is 0 Å². The summed E-state index contributed by atoms with van der Waals surface area (Å²) in [5.41, 5.74) is 2.63. The van der Waals surface area contributed by atoms with Gasteiger partial charge in [0, 0.05) is 13.1 Å². The lowest BCUT2D eigenvalue weighted by atomic mass is 10.1. The van der Waals surface area contributed by atoms with Crippen molar-refractivity contribution in [1.29, 1.82) is 0 Å². The van der Waals surface area contributed by atoms with Crippen molar-refractivity contribution in [2.24, 2.45) is 0 Å². The first-order valence-electron chi connectivity index (χ1n) is 8.94. The predicted octanol–water partition coefficient (Wildman–Crippen LogP) is 4.26. The van der Waals surface area contributed by atoms with Crippen molar-refractivity contribution in [3.8, 4) is 0 Å². The van der Waals surface area contributed by atoms with Crippen LogP contribution in [-0.2, 0) is 11.2 Å². The number of fused-ring (bicyclic) bond motifs is 1. The minimum absolute atomic E-state index is 0.0562. The molecule has 1 aromatic heterocycles. The summed E-state index contributed by atoms with van der Waals surface area (Å²) in [6.45, 7) is 0.128. The summed E-state index contributed by atoms with van der Waals surface area (Å²) in [5, 5.41) is 0. The first-order valence-corrected chi connectivity index (χ1v) is 10.6.